The molecule has 0 spiro atoms. The Hall–Kier alpha value is -0.220. The zero-order valence-electron chi connectivity index (χ0n) is 6.51. The third-order valence-corrected chi connectivity index (χ3v) is 1.64. The van der Waals surface area contributed by atoms with E-state index in [4.69, 9.17) is 0 Å². The number of rotatable bonds is 8. The Labute approximate surface area is 78.7 Å². The molecule has 2 nitrogen and oxygen atoms in total. The molecule has 0 aromatic heterocycles. The summed E-state index contributed by atoms with van der Waals surface area (Å²) in [7, 11) is 0. The fraction of sp³-hybridized carbons (Fsp3) is 0.714. The molecule has 0 aliphatic heterocycles. The molecule has 0 aromatic rings. The molecule has 0 unspecified atom stereocenters. The van der Waals surface area contributed by atoms with Crippen molar-refractivity contribution in [1.82, 2.24) is 10.6 Å². The molecule has 4 heteroatoms. The summed E-state index contributed by atoms with van der Waals surface area (Å²) in [6, 6.07) is 0. The molecule has 0 atom stereocenters. The molecule has 64 valence electrons. The summed E-state index contributed by atoms with van der Waals surface area (Å²) in [6.07, 6.45) is 3.56. The molecule has 0 fully saturated rings. The lowest BCUT2D eigenvalue weighted by atomic mass is 10.2. The van der Waals surface area contributed by atoms with Crippen LogP contribution in [0.5, 0.6) is 0 Å². The van der Waals surface area contributed by atoms with Gasteiger partial charge in [-0.1, -0.05) is 24.4 Å². The standard InChI is InChI=1S/C7H14N2S2/c10-6-8-4-2-1-3-5-9-7-11/h6-7H,1-5H2,(H,8,10)(H,9,11). The lowest BCUT2D eigenvalue weighted by Crippen LogP contribution is -2.13. The van der Waals surface area contributed by atoms with Crippen molar-refractivity contribution in [3.8, 4) is 0 Å². The molecule has 2 N–H and O–H groups in total. The SMILES string of the molecule is S=CNCCCCCNC=S. The molecular weight excluding hydrogens is 176 g/mol. The Morgan fingerprint density at radius 1 is 0.818 bits per heavy atom. The van der Waals surface area contributed by atoms with Crippen molar-refractivity contribution in [2.45, 2.75) is 19.3 Å². The fourth-order valence-corrected chi connectivity index (χ4v) is 0.984. The van der Waals surface area contributed by atoms with Gasteiger partial charge < -0.3 is 10.6 Å². The molecule has 0 heterocycles. The molecule has 0 saturated carbocycles. The first-order chi connectivity index (χ1) is 5.41. The van der Waals surface area contributed by atoms with Crippen LogP contribution in [0.3, 0.4) is 0 Å². The van der Waals surface area contributed by atoms with Gasteiger partial charge in [-0.05, 0) is 19.3 Å². The second-order valence-corrected chi connectivity index (χ2v) is 2.68. The van der Waals surface area contributed by atoms with Crippen molar-refractivity contribution in [1.29, 1.82) is 0 Å². The van der Waals surface area contributed by atoms with Gasteiger partial charge in [-0.3, -0.25) is 0 Å². The Kier molecular flexibility index (Phi) is 9.58. The van der Waals surface area contributed by atoms with E-state index >= 15 is 0 Å². The lowest BCUT2D eigenvalue weighted by molar-refractivity contribution is 0.659. The van der Waals surface area contributed by atoms with E-state index in [1.54, 1.807) is 11.0 Å². The topological polar surface area (TPSA) is 24.1 Å². The van der Waals surface area contributed by atoms with Crippen molar-refractivity contribution in [3.05, 3.63) is 0 Å². The van der Waals surface area contributed by atoms with Crippen LogP contribution >= 0.6 is 24.4 Å². The number of hydrogen-bond donors (Lipinski definition) is 2. The van der Waals surface area contributed by atoms with Gasteiger partial charge in [-0.25, -0.2) is 0 Å². The lowest BCUT2D eigenvalue weighted by Gasteiger charge is -2.00. The van der Waals surface area contributed by atoms with E-state index in [0.717, 1.165) is 13.1 Å². The van der Waals surface area contributed by atoms with E-state index < -0.39 is 0 Å². The van der Waals surface area contributed by atoms with Crippen molar-refractivity contribution in [2.24, 2.45) is 0 Å². The van der Waals surface area contributed by atoms with Crippen LogP contribution in [-0.4, -0.2) is 24.1 Å². The first-order valence-electron chi connectivity index (χ1n) is 3.76. The maximum Gasteiger partial charge on any atom is 0.0614 e. The second-order valence-electron chi connectivity index (χ2n) is 2.20. The van der Waals surface area contributed by atoms with Crippen molar-refractivity contribution in [2.75, 3.05) is 13.1 Å². The largest absolute Gasteiger partial charge is 0.382 e. The maximum atomic E-state index is 4.60. The summed E-state index contributed by atoms with van der Waals surface area (Å²) in [5, 5.41) is 5.96. The van der Waals surface area contributed by atoms with Crippen LogP contribution in [0, 0.1) is 0 Å². The Balaban J connectivity index is 2.79. The predicted octanol–water partition coefficient (Wildman–Crippen LogP) is 1.25. The van der Waals surface area contributed by atoms with E-state index in [1.807, 2.05) is 0 Å². The summed E-state index contributed by atoms with van der Waals surface area (Å²) < 4.78 is 0. The molecule has 0 radical (unpaired) electrons. The minimum absolute atomic E-state index is 0.987. The highest BCUT2D eigenvalue weighted by atomic mass is 32.1. The molecule has 0 aliphatic carbocycles. The zero-order chi connectivity index (χ0) is 8.36. The van der Waals surface area contributed by atoms with Crippen LogP contribution < -0.4 is 10.6 Å². The van der Waals surface area contributed by atoms with Crippen molar-refractivity contribution in [3.63, 3.8) is 0 Å². The molecule has 0 aromatic carbocycles. The van der Waals surface area contributed by atoms with E-state index in [0.29, 0.717) is 0 Å². The first kappa shape index (κ1) is 10.8. The van der Waals surface area contributed by atoms with Gasteiger partial charge in [0.15, 0.2) is 0 Å². The molecule has 0 bridgehead atoms. The zero-order valence-corrected chi connectivity index (χ0v) is 8.14. The normalized spacial score (nSPS) is 8.73. The van der Waals surface area contributed by atoms with Crippen LogP contribution in [0.25, 0.3) is 0 Å². The van der Waals surface area contributed by atoms with Crippen LogP contribution in [0.15, 0.2) is 0 Å². The average Bonchev–Trinajstić information content (AvgIpc) is 2.03. The highest BCUT2D eigenvalue weighted by molar-refractivity contribution is 7.79. The number of thiocarbonyl (C=S) groups is 2. The second kappa shape index (κ2) is 9.78. The maximum absolute atomic E-state index is 4.60. The van der Waals surface area contributed by atoms with Crippen LogP contribution in [-0.2, 0) is 0 Å². The average molecular weight is 190 g/mol. The molecule has 0 aliphatic rings. The number of nitrogens with one attached hydrogen (secondary N) is 2. The Morgan fingerprint density at radius 3 is 1.64 bits per heavy atom. The number of unbranched alkanes of at least 4 members (excludes halogenated alkanes) is 2. The van der Waals surface area contributed by atoms with E-state index in [-0.39, 0.29) is 0 Å². The molecule has 0 amide bonds. The van der Waals surface area contributed by atoms with Gasteiger partial charge in [0.05, 0.1) is 11.0 Å². The van der Waals surface area contributed by atoms with Crippen molar-refractivity contribution >= 4 is 35.4 Å². The highest BCUT2D eigenvalue weighted by Crippen LogP contribution is 1.91. The van der Waals surface area contributed by atoms with Gasteiger partial charge in [0, 0.05) is 13.1 Å². The Morgan fingerprint density at radius 2 is 1.27 bits per heavy atom. The van der Waals surface area contributed by atoms with Crippen LogP contribution in [0.1, 0.15) is 19.3 Å². The molecular formula is C7H14N2S2. The van der Waals surface area contributed by atoms with Gasteiger partial charge in [0.1, 0.15) is 0 Å². The summed E-state index contributed by atoms with van der Waals surface area (Å²) in [5.74, 6) is 0. The fourth-order valence-electron chi connectivity index (χ4n) is 0.749. The first-order valence-corrected chi connectivity index (χ1v) is 4.70. The monoisotopic (exact) mass is 190 g/mol. The quantitative estimate of drug-likeness (QED) is 0.444. The summed E-state index contributed by atoms with van der Waals surface area (Å²) in [6.45, 7) is 1.97. The van der Waals surface area contributed by atoms with Gasteiger partial charge in [0.2, 0.25) is 0 Å². The summed E-state index contributed by atoms with van der Waals surface area (Å²) in [4.78, 5) is 0. The van der Waals surface area contributed by atoms with Gasteiger partial charge in [0.25, 0.3) is 0 Å². The van der Waals surface area contributed by atoms with E-state index in [1.165, 1.54) is 19.3 Å². The third-order valence-electron chi connectivity index (χ3n) is 1.31. The van der Waals surface area contributed by atoms with Crippen LogP contribution in [0.2, 0.25) is 0 Å². The number of hydrogen-bond acceptors (Lipinski definition) is 2. The summed E-state index contributed by atoms with van der Waals surface area (Å²) in [5.41, 5.74) is 3.13. The molecule has 0 saturated heterocycles. The van der Waals surface area contributed by atoms with Crippen LogP contribution in [0.4, 0.5) is 0 Å². The van der Waals surface area contributed by atoms with Gasteiger partial charge in [-0.15, -0.1) is 0 Å². The van der Waals surface area contributed by atoms with Gasteiger partial charge in [-0.2, -0.15) is 0 Å². The minimum Gasteiger partial charge on any atom is -0.382 e. The minimum atomic E-state index is 0.987. The highest BCUT2D eigenvalue weighted by Gasteiger charge is 1.86. The summed E-state index contributed by atoms with van der Waals surface area (Å²) >= 11 is 9.21. The smallest absolute Gasteiger partial charge is 0.0614 e. The molecule has 0 rings (SSSR count). The predicted molar refractivity (Wildman–Crippen MR) is 57.2 cm³/mol. The van der Waals surface area contributed by atoms with E-state index in [9.17, 15) is 0 Å². The van der Waals surface area contributed by atoms with Gasteiger partial charge >= 0.3 is 0 Å². The van der Waals surface area contributed by atoms with Crippen molar-refractivity contribution < 1.29 is 0 Å². The Bertz CT molecular complexity index is 94.6. The molecule has 11 heavy (non-hydrogen) atoms. The third kappa shape index (κ3) is 9.78. The van der Waals surface area contributed by atoms with E-state index in [2.05, 4.69) is 35.1 Å².